The lowest BCUT2D eigenvalue weighted by Crippen LogP contribution is -1.27. The van der Waals surface area contributed by atoms with Gasteiger partial charge in [-0.15, -0.1) is 0 Å². The molecule has 0 heterocycles. The first-order valence-electron chi connectivity index (χ1n) is 0.447. The maximum absolute atomic E-state index is 6.88. The van der Waals surface area contributed by atoms with Crippen LogP contribution in [0, 0.1) is 11.5 Å². The molecule has 0 bridgehead atoms. The van der Waals surface area contributed by atoms with Crippen molar-refractivity contribution in [3.63, 3.8) is 0 Å². The third-order valence-corrected chi connectivity index (χ3v) is 0. The number of hydrogen-bond donors (Lipinski definition) is 1. The van der Waals surface area contributed by atoms with Gasteiger partial charge in [0.15, 0.2) is 0 Å². The first kappa shape index (κ1) is 8.96. The lowest BCUT2D eigenvalue weighted by molar-refractivity contribution is 0.503. The fourth-order valence-electron chi connectivity index (χ4n) is 0. The van der Waals surface area contributed by atoms with Gasteiger partial charge in [-0.05, 0) is 0 Å². The molecule has 0 saturated heterocycles. The molecule has 0 aliphatic rings. The minimum Gasteiger partial charge on any atom is -0.443 e. The van der Waals surface area contributed by atoms with E-state index in [9.17, 15) is 0 Å². The van der Waals surface area contributed by atoms with Gasteiger partial charge in [-0.25, -0.2) is 0 Å². The Labute approximate surface area is 40.2 Å². The van der Waals surface area contributed by atoms with E-state index in [0.29, 0.717) is 0 Å². The van der Waals surface area contributed by atoms with Crippen molar-refractivity contribution in [3.05, 3.63) is 0 Å². The van der Waals surface area contributed by atoms with Crippen LogP contribution in [-0.2, 0) is 0 Å². The van der Waals surface area contributed by atoms with Crippen molar-refractivity contribution >= 4 is 23.1 Å². The maximum Gasteiger partial charge on any atom is 0.316 e. The van der Waals surface area contributed by atoms with Gasteiger partial charge in [0, 0.05) is 0 Å². The Hall–Kier alpha value is 0.0562. The molecule has 0 amide bonds. The summed E-state index contributed by atoms with van der Waals surface area (Å²) in [7, 11) is 0. The van der Waals surface area contributed by atoms with Crippen molar-refractivity contribution in [1.29, 1.82) is 5.26 Å². The van der Waals surface area contributed by atoms with Crippen LogP contribution in [0.2, 0.25) is 0 Å². The highest BCUT2D eigenvalue weighted by Gasteiger charge is 1.16. The average Bonchev–Trinajstić information content (AvgIpc) is 0.918. The van der Waals surface area contributed by atoms with E-state index < -0.39 is 0 Å². The minimum atomic E-state index is 0. The Bertz CT molecular complexity index is 29.5. The maximum atomic E-state index is 6.88. The third kappa shape index (κ3) is 725. The molecule has 20 valence electrons. The van der Waals surface area contributed by atoms with Crippen LogP contribution in [0.5, 0.6) is 0 Å². The summed E-state index contributed by atoms with van der Waals surface area (Å²) in [6.45, 7) is 0. The lowest BCUT2D eigenvalue weighted by atomic mass is 11.6. The quantitative estimate of drug-likeness (QED) is 0.291. The Morgan fingerprint density at radius 2 is 1.75 bits per heavy atom. The molecule has 1 N–H and O–H groups in total. The number of rotatable bonds is 0. The molecule has 4 heavy (non-hydrogen) atoms. The molecule has 0 aromatic carbocycles. The van der Waals surface area contributed by atoms with Crippen LogP contribution in [-0.4, -0.2) is 28.2 Å². The van der Waals surface area contributed by atoms with E-state index in [-0.39, 0.29) is 23.1 Å². The van der Waals surface area contributed by atoms with Crippen LogP contribution < -0.4 is 0 Å². The van der Waals surface area contributed by atoms with Crippen molar-refractivity contribution in [2.75, 3.05) is 0 Å². The second-order valence-corrected chi connectivity index (χ2v) is 0.100. The van der Waals surface area contributed by atoms with Gasteiger partial charge >= 0.3 is 23.1 Å². The van der Waals surface area contributed by atoms with E-state index in [2.05, 4.69) is 0 Å². The van der Waals surface area contributed by atoms with Crippen LogP contribution in [0.3, 0.4) is 0 Å². The summed E-state index contributed by atoms with van der Waals surface area (Å²) in [5, 5.41) is 13.8. The summed E-state index contributed by atoms with van der Waals surface area (Å²) in [6.07, 6.45) is 0.750. The monoisotopic (exact) mass is 69.0 g/mol. The van der Waals surface area contributed by atoms with Crippen molar-refractivity contribution in [2.24, 2.45) is 0 Å². The van der Waals surface area contributed by atoms with Gasteiger partial charge in [-0.2, -0.15) is 5.26 Å². The average molecular weight is 69.3 g/mol. The molecular weight excluding hydrogens is 66.3 g/mol. The summed E-state index contributed by atoms with van der Waals surface area (Å²) < 4.78 is 0. The Kier molecular flexibility index (Phi) is 25.9. The molecule has 2 nitrogen and oxygen atoms in total. The normalized spacial score (nSPS) is 1.75. The summed E-state index contributed by atoms with van der Waals surface area (Å²) in [4.78, 5) is 0. The Balaban J connectivity index is 0. The van der Waals surface area contributed by atoms with Gasteiger partial charge in [0.1, 0.15) is 0 Å². The highest BCUT2D eigenvalue weighted by Crippen LogP contribution is 1.06. The highest BCUT2D eigenvalue weighted by atomic mass is 24.3. The first-order chi connectivity index (χ1) is 1.41. The molecule has 3 heteroatoms. The second kappa shape index (κ2) is 11.6. The zero-order valence-electron chi connectivity index (χ0n) is 1.39. The summed E-state index contributed by atoms with van der Waals surface area (Å²) >= 11 is 0. The molecule has 0 fully saturated rings. The standard InChI is InChI=1S/CHNO.Mg.2H/c2-1-3;;;/h3H;;;. The second-order valence-electron chi connectivity index (χ2n) is 0.100. The van der Waals surface area contributed by atoms with Crippen LogP contribution in [0.15, 0.2) is 0 Å². The topological polar surface area (TPSA) is 44.0 Å². The summed E-state index contributed by atoms with van der Waals surface area (Å²) in [5.41, 5.74) is 0. The summed E-state index contributed by atoms with van der Waals surface area (Å²) in [5.74, 6) is 0. The first-order valence-corrected chi connectivity index (χ1v) is 0.447. The van der Waals surface area contributed by atoms with Crippen molar-refractivity contribution in [2.45, 2.75) is 0 Å². The van der Waals surface area contributed by atoms with Crippen molar-refractivity contribution in [1.82, 2.24) is 0 Å². The van der Waals surface area contributed by atoms with E-state index >= 15 is 0 Å². The van der Waals surface area contributed by atoms with Gasteiger partial charge in [-0.1, -0.05) is 0 Å². The number of hydrogen-bond acceptors (Lipinski definition) is 2. The molecule has 0 spiro atoms. The van der Waals surface area contributed by atoms with Crippen LogP contribution >= 0.6 is 0 Å². The predicted octanol–water partition coefficient (Wildman–Crippen LogP) is -1.08. The molecule has 0 aromatic heterocycles. The predicted molar refractivity (Wildman–Crippen MR) is 16.1 cm³/mol. The smallest absolute Gasteiger partial charge is 0.316 e. The van der Waals surface area contributed by atoms with E-state index in [1.54, 1.807) is 0 Å². The number of aliphatic hydroxyl groups is 1. The molecule has 0 radical (unpaired) electrons. The van der Waals surface area contributed by atoms with Gasteiger partial charge < -0.3 is 5.11 Å². The van der Waals surface area contributed by atoms with Gasteiger partial charge in [0.2, 0.25) is 0 Å². The molecular formula is CH3MgNO. The van der Waals surface area contributed by atoms with Crippen LogP contribution in [0.1, 0.15) is 0 Å². The van der Waals surface area contributed by atoms with E-state index in [1.165, 1.54) is 0 Å². The lowest BCUT2D eigenvalue weighted by Gasteiger charge is -1.25. The van der Waals surface area contributed by atoms with Crippen LogP contribution in [0.25, 0.3) is 0 Å². The van der Waals surface area contributed by atoms with E-state index in [1.807, 2.05) is 0 Å². The van der Waals surface area contributed by atoms with Gasteiger partial charge in [0.05, 0.1) is 0 Å². The molecule has 0 atom stereocenters. The molecule has 0 aliphatic heterocycles. The van der Waals surface area contributed by atoms with Crippen molar-refractivity contribution < 1.29 is 5.11 Å². The largest absolute Gasteiger partial charge is 0.443 e. The van der Waals surface area contributed by atoms with E-state index in [4.69, 9.17) is 10.4 Å². The highest BCUT2D eigenvalue weighted by molar-refractivity contribution is 5.75. The minimum absolute atomic E-state index is 0. The van der Waals surface area contributed by atoms with Crippen molar-refractivity contribution in [3.8, 4) is 6.26 Å². The molecule has 0 rings (SSSR count). The molecule has 0 unspecified atom stereocenters. The Morgan fingerprint density at radius 3 is 1.75 bits per heavy atom. The fraction of sp³-hybridized carbons (Fsp3) is 0. The molecule has 0 aromatic rings. The molecule has 0 aliphatic carbocycles. The van der Waals surface area contributed by atoms with Gasteiger partial charge in [0.25, 0.3) is 6.26 Å². The zero-order valence-corrected chi connectivity index (χ0v) is 1.39. The number of nitriles is 1. The third-order valence-electron chi connectivity index (χ3n) is 0. The van der Waals surface area contributed by atoms with E-state index in [0.717, 1.165) is 6.26 Å². The summed E-state index contributed by atoms with van der Waals surface area (Å²) in [6, 6.07) is 0. The SMILES string of the molecule is N#CO.[MgH2]. The molecule has 0 saturated carbocycles. The van der Waals surface area contributed by atoms with Gasteiger partial charge in [-0.3, -0.25) is 0 Å². The number of nitrogens with zero attached hydrogens (tertiary/aromatic N) is 1. The van der Waals surface area contributed by atoms with Crippen LogP contribution in [0.4, 0.5) is 0 Å². The zero-order chi connectivity index (χ0) is 2.71. The fourth-order valence-corrected chi connectivity index (χ4v) is 0. The number of aliphatic hydroxyl groups excluding tert-OH is 1. The Morgan fingerprint density at radius 1 is 1.75 bits per heavy atom.